The second-order valence-corrected chi connectivity index (χ2v) is 2.67. The van der Waals surface area contributed by atoms with Crippen LogP contribution in [0, 0.1) is 0 Å². The number of hydrogen-bond acceptors (Lipinski definition) is 4. The SMILES string of the molecule is OC1CNCC1n1cncn1. The molecular formula is C6H10N4O. The molecule has 2 heterocycles. The van der Waals surface area contributed by atoms with E-state index in [4.69, 9.17) is 0 Å². The van der Waals surface area contributed by atoms with Crippen molar-refractivity contribution in [1.29, 1.82) is 0 Å². The van der Waals surface area contributed by atoms with Gasteiger partial charge in [0.1, 0.15) is 12.7 Å². The quantitative estimate of drug-likeness (QED) is 0.532. The monoisotopic (exact) mass is 154 g/mol. The van der Waals surface area contributed by atoms with E-state index in [2.05, 4.69) is 15.4 Å². The molecule has 11 heavy (non-hydrogen) atoms. The number of rotatable bonds is 1. The first-order valence-corrected chi connectivity index (χ1v) is 3.61. The van der Waals surface area contributed by atoms with E-state index in [0.29, 0.717) is 6.54 Å². The van der Waals surface area contributed by atoms with E-state index >= 15 is 0 Å². The van der Waals surface area contributed by atoms with Gasteiger partial charge >= 0.3 is 0 Å². The first kappa shape index (κ1) is 6.75. The van der Waals surface area contributed by atoms with Crippen LogP contribution in [0.2, 0.25) is 0 Å². The molecule has 0 bridgehead atoms. The Hall–Kier alpha value is -0.940. The summed E-state index contributed by atoms with van der Waals surface area (Å²) < 4.78 is 1.69. The van der Waals surface area contributed by atoms with Crippen molar-refractivity contribution in [2.75, 3.05) is 13.1 Å². The molecule has 0 aliphatic carbocycles. The topological polar surface area (TPSA) is 63.0 Å². The van der Waals surface area contributed by atoms with Crippen LogP contribution in [0.15, 0.2) is 12.7 Å². The molecular weight excluding hydrogens is 144 g/mol. The van der Waals surface area contributed by atoms with Gasteiger partial charge in [-0.25, -0.2) is 9.67 Å². The highest BCUT2D eigenvalue weighted by atomic mass is 16.3. The van der Waals surface area contributed by atoms with Crippen molar-refractivity contribution in [3.8, 4) is 0 Å². The molecule has 1 aromatic heterocycles. The average molecular weight is 154 g/mol. The maximum atomic E-state index is 9.41. The number of nitrogens with one attached hydrogen (secondary N) is 1. The summed E-state index contributed by atoms with van der Waals surface area (Å²) in [5.41, 5.74) is 0. The molecule has 5 heteroatoms. The lowest BCUT2D eigenvalue weighted by Crippen LogP contribution is -2.22. The highest BCUT2D eigenvalue weighted by molar-refractivity contribution is 4.84. The number of aliphatic hydroxyl groups excluding tert-OH is 1. The van der Waals surface area contributed by atoms with Crippen LogP contribution in [-0.4, -0.2) is 39.1 Å². The summed E-state index contributed by atoms with van der Waals surface area (Å²) in [6.07, 6.45) is 2.77. The second kappa shape index (κ2) is 2.60. The zero-order chi connectivity index (χ0) is 7.68. The maximum absolute atomic E-state index is 9.41. The Bertz CT molecular complexity index is 222. The first-order chi connectivity index (χ1) is 5.38. The third-order valence-electron chi connectivity index (χ3n) is 1.93. The molecule has 1 aromatic rings. The Kier molecular flexibility index (Phi) is 1.59. The van der Waals surface area contributed by atoms with Gasteiger partial charge < -0.3 is 10.4 Å². The lowest BCUT2D eigenvalue weighted by Gasteiger charge is -2.11. The zero-order valence-corrected chi connectivity index (χ0v) is 6.01. The van der Waals surface area contributed by atoms with Gasteiger partial charge in [0.2, 0.25) is 0 Å². The van der Waals surface area contributed by atoms with Crippen molar-refractivity contribution in [3.05, 3.63) is 12.7 Å². The number of nitrogens with zero attached hydrogens (tertiary/aromatic N) is 3. The average Bonchev–Trinajstić information content (AvgIpc) is 2.55. The largest absolute Gasteiger partial charge is 0.390 e. The van der Waals surface area contributed by atoms with E-state index in [-0.39, 0.29) is 12.1 Å². The van der Waals surface area contributed by atoms with Crippen LogP contribution in [0.4, 0.5) is 0 Å². The molecule has 2 atom stereocenters. The summed E-state index contributed by atoms with van der Waals surface area (Å²) in [5.74, 6) is 0. The third-order valence-corrected chi connectivity index (χ3v) is 1.93. The predicted molar refractivity (Wildman–Crippen MR) is 37.9 cm³/mol. The van der Waals surface area contributed by atoms with Gasteiger partial charge in [-0.05, 0) is 0 Å². The summed E-state index contributed by atoms with van der Waals surface area (Å²) in [4.78, 5) is 3.81. The van der Waals surface area contributed by atoms with E-state index in [0.717, 1.165) is 6.54 Å². The van der Waals surface area contributed by atoms with Crippen LogP contribution >= 0.6 is 0 Å². The van der Waals surface area contributed by atoms with Crippen LogP contribution in [0.1, 0.15) is 6.04 Å². The van der Waals surface area contributed by atoms with Gasteiger partial charge in [-0.3, -0.25) is 0 Å². The molecule has 2 N–H and O–H groups in total. The molecule has 0 spiro atoms. The fourth-order valence-corrected chi connectivity index (χ4v) is 1.31. The summed E-state index contributed by atoms with van der Waals surface area (Å²) in [5, 5.41) is 16.4. The van der Waals surface area contributed by atoms with E-state index in [9.17, 15) is 5.11 Å². The minimum absolute atomic E-state index is 0.0532. The molecule has 2 rings (SSSR count). The Morgan fingerprint density at radius 2 is 2.45 bits per heavy atom. The van der Waals surface area contributed by atoms with Crippen molar-refractivity contribution in [2.24, 2.45) is 0 Å². The molecule has 1 aliphatic rings. The minimum atomic E-state index is -0.336. The summed E-state index contributed by atoms with van der Waals surface area (Å²) in [6, 6.07) is 0.0532. The molecule has 5 nitrogen and oxygen atoms in total. The molecule has 0 amide bonds. The second-order valence-electron chi connectivity index (χ2n) is 2.67. The standard InChI is InChI=1S/C6H10N4O/c11-6-2-7-1-5(6)10-4-8-3-9-10/h3-7,11H,1-2H2. The third kappa shape index (κ3) is 1.12. The minimum Gasteiger partial charge on any atom is -0.390 e. The number of aliphatic hydroxyl groups is 1. The van der Waals surface area contributed by atoms with Gasteiger partial charge in [-0.1, -0.05) is 0 Å². The normalized spacial score (nSPS) is 31.0. The predicted octanol–water partition coefficient (Wildman–Crippen LogP) is -1.22. The lowest BCUT2D eigenvalue weighted by molar-refractivity contribution is 0.144. The Morgan fingerprint density at radius 3 is 3.00 bits per heavy atom. The van der Waals surface area contributed by atoms with Crippen LogP contribution < -0.4 is 5.32 Å². The molecule has 60 valence electrons. The van der Waals surface area contributed by atoms with Gasteiger partial charge in [0.25, 0.3) is 0 Å². The first-order valence-electron chi connectivity index (χ1n) is 3.61. The Balaban J connectivity index is 2.16. The molecule has 0 saturated carbocycles. The van der Waals surface area contributed by atoms with E-state index in [1.807, 2.05) is 0 Å². The molecule has 0 radical (unpaired) electrons. The van der Waals surface area contributed by atoms with Crippen molar-refractivity contribution < 1.29 is 5.11 Å². The van der Waals surface area contributed by atoms with Crippen LogP contribution in [0.5, 0.6) is 0 Å². The summed E-state index contributed by atoms with van der Waals surface area (Å²) in [7, 11) is 0. The fourth-order valence-electron chi connectivity index (χ4n) is 1.31. The van der Waals surface area contributed by atoms with Crippen molar-refractivity contribution in [3.63, 3.8) is 0 Å². The van der Waals surface area contributed by atoms with Crippen molar-refractivity contribution >= 4 is 0 Å². The van der Waals surface area contributed by atoms with Gasteiger partial charge in [0.05, 0.1) is 12.1 Å². The van der Waals surface area contributed by atoms with Crippen LogP contribution in [0.3, 0.4) is 0 Å². The van der Waals surface area contributed by atoms with E-state index in [1.165, 1.54) is 6.33 Å². The summed E-state index contributed by atoms with van der Waals surface area (Å²) in [6.45, 7) is 1.41. The molecule has 0 aromatic carbocycles. The molecule has 1 saturated heterocycles. The highest BCUT2D eigenvalue weighted by Gasteiger charge is 2.26. The fraction of sp³-hybridized carbons (Fsp3) is 0.667. The summed E-state index contributed by atoms with van der Waals surface area (Å²) >= 11 is 0. The van der Waals surface area contributed by atoms with Crippen LogP contribution in [-0.2, 0) is 0 Å². The van der Waals surface area contributed by atoms with E-state index in [1.54, 1.807) is 11.0 Å². The maximum Gasteiger partial charge on any atom is 0.137 e. The smallest absolute Gasteiger partial charge is 0.137 e. The Labute approximate surface area is 64.1 Å². The Morgan fingerprint density at radius 1 is 1.55 bits per heavy atom. The number of aromatic nitrogens is 3. The van der Waals surface area contributed by atoms with Crippen molar-refractivity contribution in [2.45, 2.75) is 12.1 Å². The van der Waals surface area contributed by atoms with Crippen molar-refractivity contribution in [1.82, 2.24) is 20.1 Å². The molecule has 1 fully saturated rings. The van der Waals surface area contributed by atoms with E-state index < -0.39 is 0 Å². The molecule has 2 unspecified atom stereocenters. The van der Waals surface area contributed by atoms with Gasteiger partial charge in [-0.2, -0.15) is 5.10 Å². The highest BCUT2D eigenvalue weighted by Crippen LogP contribution is 2.12. The van der Waals surface area contributed by atoms with Gasteiger partial charge in [-0.15, -0.1) is 0 Å². The van der Waals surface area contributed by atoms with Gasteiger partial charge in [0, 0.05) is 13.1 Å². The van der Waals surface area contributed by atoms with Gasteiger partial charge in [0.15, 0.2) is 0 Å². The zero-order valence-electron chi connectivity index (χ0n) is 6.01. The van der Waals surface area contributed by atoms with Crippen LogP contribution in [0.25, 0.3) is 0 Å². The number of hydrogen-bond donors (Lipinski definition) is 2. The lowest BCUT2D eigenvalue weighted by atomic mass is 10.2. The molecule has 1 aliphatic heterocycles. The number of β-amino-alcohol motifs (C(OH)–C–C–N with tert-alkyl or cyclic N) is 1.